The number of nitrogens with one attached hydrogen (secondary N) is 1. The van der Waals surface area contributed by atoms with E-state index in [4.69, 9.17) is 8.94 Å². The Kier molecular flexibility index (Phi) is 3.68. The Balaban J connectivity index is 1.41. The maximum absolute atomic E-state index is 12.5. The molecule has 0 aromatic carbocycles. The zero-order valence-electron chi connectivity index (χ0n) is 14.4. The van der Waals surface area contributed by atoms with Crippen LogP contribution >= 0.6 is 11.3 Å². The summed E-state index contributed by atoms with van der Waals surface area (Å²) in [5.74, 6) is 2.04. The van der Waals surface area contributed by atoms with Crippen LogP contribution in [-0.2, 0) is 0 Å². The monoisotopic (exact) mass is 381 g/mol. The molecule has 0 bridgehead atoms. The zero-order chi connectivity index (χ0) is 18.4. The number of carbonyl (C=O) groups is 1. The topological polar surface area (TPSA) is 99.0 Å². The summed E-state index contributed by atoms with van der Waals surface area (Å²) in [6.45, 7) is 1.86. The third-order valence-corrected chi connectivity index (χ3v) is 5.08. The van der Waals surface area contributed by atoms with Gasteiger partial charge >= 0.3 is 0 Å². The van der Waals surface area contributed by atoms with E-state index in [0.29, 0.717) is 22.6 Å². The molecule has 0 spiro atoms. The molecule has 0 unspecified atom stereocenters. The number of carbonyl (C=O) groups excluding carboxylic acids is 1. The molecule has 8 nitrogen and oxygen atoms in total. The molecule has 1 N–H and O–H groups in total. The Morgan fingerprint density at radius 3 is 3.04 bits per heavy atom. The lowest BCUT2D eigenvalue weighted by Gasteiger charge is -2.04. The molecule has 1 fully saturated rings. The van der Waals surface area contributed by atoms with Gasteiger partial charge in [0, 0.05) is 23.4 Å². The van der Waals surface area contributed by atoms with Crippen molar-refractivity contribution in [3.8, 4) is 16.6 Å². The summed E-state index contributed by atoms with van der Waals surface area (Å²) in [4.78, 5) is 17.1. The van der Waals surface area contributed by atoms with E-state index < -0.39 is 0 Å². The number of hydrogen-bond donors (Lipinski definition) is 1. The van der Waals surface area contributed by atoms with Gasteiger partial charge in [-0.2, -0.15) is 9.78 Å². The molecule has 1 aliphatic rings. The van der Waals surface area contributed by atoms with E-state index in [2.05, 4.69) is 20.6 Å². The summed E-state index contributed by atoms with van der Waals surface area (Å²) in [5, 5.41) is 13.7. The maximum atomic E-state index is 12.5. The van der Waals surface area contributed by atoms with Gasteiger partial charge in [-0.15, -0.1) is 11.3 Å². The van der Waals surface area contributed by atoms with Crippen LogP contribution in [0.1, 0.15) is 40.7 Å². The molecule has 0 saturated heterocycles. The van der Waals surface area contributed by atoms with Crippen molar-refractivity contribution < 1.29 is 13.7 Å². The molecular formula is C18H15N5O3S. The second-order valence-electron chi connectivity index (χ2n) is 6.42. The van der Waals surface area contributed by atoms with E-state index in [0.717, 1.165) is 30.0 Å². The number of aryl methyl sites for hydroxylation is 1. The molecule has 136 valence electrons. The van der Waals surface area contributed by atoms with Gasteiger partial charge in [0.05, 0.1) is 12.0 Å². The Morgan fingerprint density at radius 1 is 1.37 bits per heavy atom. The highest BCUT2D eigenvalue weighted by Crippen LogP contribution is 2.40. The molecule has 4 aromatic rings. The first-order chi connectivity index (χ1) is 13.2. The summed E-state index contributed by atoms with van der Waals surface area (Å²) in [6, 6.07) is 7.15. The van der Waals surface area contributed by atoms with Gasteiger partial charge in [0.2, 0.25) is 5.13 Å². The Labute approximate surface area is 157 Å². The van der Waals surface area contributed by atoms with Gasteiger partial charge in [-0.1, -0.05) is 5.16 Å². The fourth-order valence-corrected chi connectivity index (χ4v) is 3.55. The normalized spacial score (nSPS) is 13.8. The number of nitrogens with zero attached hydrogens (tertiary/aromatic N) is 4. The molecule has 9 heteroatoms. The first kappa shape index (κ1) is 16.0. The third-order valence-electron chi connectivity index (χ3n) is 4.26. The number of furan rings is 1. The average molecular weight is 381 g/mol. The van der Waals surface area contributed by atoms with Crippen LogP contribution in [0, 0.1) is 6.92 Å². The molecule has 5 rings (SSSR count). The molecule has 27 heavy (non-hydrogen) atoms. The standard InChI is InChI=1S/C18H15N5O3S/c1-10-7-16(20-17(24)12-8-15(26-22-12)11-4-5-11)23(21-10)18-19-13(9-27-18)14-3-2-6-25-14/h2-3,6-9,11H,4-5H2,1H3,(H,20,24). The molecule has 4 heterocycles. The van der Waals surface area contributed by atoms with Crippen molar-refractivity contribution in [2.75, 3.05) is 5.32 Å². The van der Waals surface area contributed by atoms with Crippen LogP contribution in [0.5, 0.6) is 0 Å². The first-order valence-corrected chi connectivity index (χ1v) is 9.40. The second-order valence-corrected chi connectivity index (χ2v) is 7.25. The van der Waals surface area contributed by atoms with Gasteiger partial charge in [-0.3, -0.25) is 4.79 Å². The average Bonchev–Trinajstić information content (AvgIpc) is 3.15. The van der Waals surface area contributed by atoms with Crippen LogP contribution in [0.4, 0.5) is 5.82 Å². The molecular weight excluding hydrogens is 366 g/mol. The molecule has 1 aliphatic carbocycles. The number of thiazole rings is 1. The lowest BCUT2D eigenvalue weighted by molar-refractivity contribution is 0.101. The fraction of sp³-hybridized carbons (Fsp3) is 0.222. The molecule has 1 amide bonds. The lowest BCUT2D eigenvalue weighted by Crippen LogP contribution is -2.15. The Hall–Kier alpha value is -3.20. The quantitative estimate of drug-likeness (QED) is 0.561. The van der Waals surface area contributed by atoms with Crippen molar-refractivity contribution >= 4 is 23.1 Å². The third kappa shape index (κ3) is 3.06. The SMILES string of the molecule is Cc1cc(NC(=O)c2cc(C3CC3)on2)n(-c2nc(-c3ccco3)cs2)n1. The van der Waals surface area contributed by atoms with Crippen LogP contribution in [0.2, 0.25) is 0 Å². The highest BCUT2D eigenvalue weighted by Gasteiger charge is 2.29. The predicted octanol–water partition coefficient (Wildman–Crippen LogP) is 4.01. The summed E-state index contributed by atoms with van der Waals surface area (Å²) in [5.41, 5.74) is 1.74. The van der Waals surface area contributed by atoms with E-state index in [1.165, 1.54) is 11.3 Å². The zero-order valence-corrected chi connectivity index (χ0v) is 15.2. The molecule has 1 saturated carbocycles. The summed E-state index contributed by atoms with van der Waals surface area (Å²) >= 11 is 1.41. The van der Waals surface area contributed by atoms with Crippen molar-refractivity contribution in [3.05, 3.63) is 53.1 Å². The minimum atomic E-state index is -0.338. The number of amides is 1. The largest absolute Gasteiger partial charge is 0.463 e. The summed E-state index contributed by atoms with van der Waals surface area (Å²) < 4.78 is 12.2. The smallest absolute Gasteiger partial charge is 0.279 e. The van der Waals surface area contributed by atoms with Crippen molar-refractivity contribution in [2.45, 2.75) is 25.7 Å². The lowest BCUT2D eigenvalue weighted by atomic mass is 10.3. The van der Waals surface area contributed by atoms with E-state index in [1.807, 2.05) is 24.4 Å². The molecule has 0 atom stereocenters. The summed E-state index contributed by atoms with van der Waals surface area (Å²) in [6.07, 6.45) is 3.78. The number of aromatic nitrogens is 4. The predicted molar refractivity (Wildman–Crippen MR) is 98.1 cm³/mol. The highest BCUT2D eigenvalue weighted by molar-refractivity contribution is 7.12. The Morgan fingerprint density at radius 2 is 2.26 bits per heavy atom. The van der Waals surface area contributed by atoms with Crippen molar-refractivity contribution in [3.63, 3.8) is 0 Å². The van der Waals surface area contributed by atoms with Gasteiger partial charge in [0.25, 0.3) is 5.91 Å². The highest BCUT2D eigenvalue weighted by atomic mass is 32.1. The van der Waals surface area contributed by atoms with E-state index in [-0.39, 0.29) is 11.6 Å². The molecule has 4 aromatic heterocycles. The van der Waals surface area contributed by atoms with Gasteiger partial charge in [0.1, 0.15) is 17.3 Å². The summed E-state index contributed by atoms with van der Waals surface area (Å²) in [7, 11) is 0. The van der Waals surface area contributed by atoms with Crippen LogP contribution in [0.15, 0.2) is 44.8 Å². The van der Waals surface area contributed by atoms with Crippen LogP contribution in [0.3, 0.4) is 0 Å². The van der Waals surface area contributed by atoms with E-state index in [9.17, 15) is 4.79 Å². The van der Waals surface area contributed by atoms with Gasteiger partial charge in [-0.05, 0) is 31.9 Å². The molecule has 0 radical (unpaired) electrons. The number of hydrogen-bond acceptors (Lipinski definition) is 7. The number of anilines is 1. The van der Waals surface area contributed by atoms with E-state index in [1.54, 1.807) is 23.1 Å². The van der Waals surface area contributed by atoms with Gasteiger partial charge in [-0.25, -0.2) is 4.98 Å². The van der Waals surface area contributed by atoms with Crippen molar-refractivity contribution in [1.29, 1.82) is 0 Å². The van der Waals surface area contributed by atoms with Crippen LogP contribution < -0.4 is 5.32 Å². The van der Waals surface area contributed by atoms with E-state index >= 15 is 0 Å². The maximum Gasteiger partial charge on any atom is 0.279 e. The number of rotatable bonds is 5. The van der Waals surface area contributed by atoms with Crippen LogP contribution in [-0.4, -0.2) is 25.8 Å². The van der Waals surface area contributed by atoms with Gasteiger partial charge in [0.15, 0.2) is 11.5 Å². The minimum absolute atomic E-state index is 0.262. The Bertz CT molecular complexity index is 1100. The second kappa shape index (κ2) is 6.20. The van der Waals surface area contributed by atoms with Crippen molar-refractivity contribution in [2.24, 2.45) is 0 Å². The van der Waals surface area contributed by atoms with Gasteiger partial charge < -0.3 is 14.3 Å². The fourth-order valence-electron chi connectivity index (χ4n) is 2.77. The minimum Gasteiger partial charge on any atom is -0.463 e. The van der Waals surface area contributed by atoms with Crippen molar-refractivity contribution in [1.82, 2.24) is 19.9 Å². The van der Waals surface area contributed by atoms with Crippen LogP contribution in [0.25, 0.3) is 16.6 Å². The molecule has 0 aliphatic heterocycles. The first-order valence-electron chi connectivity index (χ1n) is 8.52.